The number of nitrogens with one attached hydrogen (secondary N) is 1. The van der Waals surface area contributed by atoms with E-state index in [0.29, 0.717) is 39.7 Å². The maximum absolute atomic E-state index is 12.9. The van der Waals surface area contributed by atoms with E-state index in [9.17, 15) is 9.59 Å². The molecule has 2 aromatic heterocycles. The van der Waals surface area contributed by atoms with Crippen molar-refractivity contribution in [2.45, 2.75) is 25.7 Å². The maximum Gasteiger partial charge on any atom is 0.341 e. The molecule has 0 radical (unpaired) electrons. The van der Waals surface area contributed by atoms with E-state index >= 15 is 0 Å². The monoisotopic (exact) mass is 367 g/mol. The van der Waals surface area contributed by atoms with Gasteiger partial charge in [-0.25, -0.2) is 9.78 Å². The lowest BCUT2D eigenvalue weighted by Crippen LogP contribution is -2.14. The van der Waals surface area contributed by atoms with E-state index in [1.165, 1.54) is 0 Å². The van der Waals surface area contributed by atoms with Gasteiger partial charge < -0.3 is 19.7 Å². The van der Waals surface area contributed by atoms with E-state index in [1.54, 1.807) is 37.3 Å². The molecular formula is C19H17N3O5. The van der Waals surface area contributed by atoms with Crippen LogP contribution in [0.4, 0.5) is 5.69 Å². The Labute approximate surface area is 154 Å². The summed E-state index contributed by atoms with van der Waals surface area (Å²) in [5.74, 6) is -0.667. The topological polar surface area (TPSA) is 115 Å². The van der Waals surface area contributed by atoms with E-state index in [1.807, 2.05) is 0 Å². The van der Waals surface area contributed by atoms with Crippen molar-refractivity contribution in [1.29, 1.82) is 0 Å². The van der Waals surface area contributed by atoms with Crippen LogP contribution in [0.15, 0.2) is 34.9 Å². The molecule has 0 bridgehead atoms. The number of carbonyl (C=O) groups excluding carboxylic acids is 1. The number of carboxylic acid groups (broad SMARTS) is 1. The summed E-state index contributed by atoms with van der Waals surface area (Å²) >= 11 is 0. The number of rotatable bonds is 6. The molecule has 138 valence electrons. The first kappa shape index (κ1) is 17.0. The first-order valence-corrected chi connectivity index (χ1v) is 8.54. The summed E-state index contributed by atoms with van der Waals surface area (Å²) in [6.07, 6.45) is 2.10. The molecule has 27 heavy (non-hydrogen) atoms. The van der Waals surface area contributed by atoms with Gasteiger partial charge in [0, 0.05) is 23.4 Å². The zero-order valence-corrected chi connectivity index (χ0v) is 14.6. The van der Waals surface area contributed by atoms with Crippen molar-refractivity contribution in [2.75, 3.05) is 11.9 Å². The number of hydrogen-bond acceptors (Lipinski definition) is 6. The highest BCUT2D eigenvalue weighted by atomic mass is 16.5. The van der Waals surface area contributed by atoms with Crippen LogP contribution in [-0.2, 0) is 4.79 Å². The Balaban J connectivity index is 1.62. The second kappa shape index (κ2) is 6.71. The Bertz CT molecular complexity index is 1040. The number of ether oxygens (including phenoxy) is 1. The minimum Gasteiger partial charge on any atom is -0.482 e. The Kier molecular flexibility index (Phi) is 4.23. The number of aryl methyl sites for hydroxylation is 1. The second-order valence-electron chi connectivity index (χ2n) is 6.48. The van der Waals surface area contributed by atoms with Crippen LogP contribution in [0.1, 0.15) is 40.5 Å². The lowest BCUT2D eigenvalue weighted by molar-refractivity contribution is -0.139. The minimum absolute atomic E-state index is 0.314. The minimum atomic E-state index is -1.07. The Morgan fingerprint density at radius 1 is 1.33 bits per heavy atom. The largest absolute Gasteiger partial charge is 0.482 e. The highest BCUT2D eigenvalue weighted by molar-refractivity contribution is 6.12. The number of anilines is 1. The summed E-state index contributed by atoms with van der Waals surface area (Å²) in [6.45, 7) is 1.31. The zero-order valence-electron chi connectivity index (χ0n) is 14.6. The molecule has 2 N–H and O–H groups in total. The van der Waals surface area contributed by atoms with Gasteiger partial charge in [0.15, 0.2) is 6.61 Å². The predicted octanol–water partition coefficient (Wildman–Crippen LogP) is 3.12. The average Bonchev–Trinajstić information content (AvgIpc) is 3.43. The molecule has 8 nitrogen and oxygen atoms in total. The highest BCUT2D eigenvalue weighted by Gasteiger charge is 2.28. The number of carboxylic acids is 1. The lowest BCUT2D eigenvalue weighted by atomic mass is 10.1. The van der Waals surface area contributed by atoms with Crippen LogP contribution in [0.2, 0.25) is 0 Å². The van der Waals surface area contributed by atoms with Crippen LogP contribution in [0, 0.1) is 6.92 Å². The van der Waals surface area contributed by atoms with Gasteiger partial charge in [-0.3, -0.25) is 4.79 Å². The Morgan fingerprint density at radius 2 is 2.15 bits per heavy atom. The lowest BCUT2D eigenvalue weighted by Gasteiger charge is -2.09. The molecule has 1 aromatic carbocycles. The molecule has 1 saturated carbocycles. The van der Waals surface area contributed by atoms with Crippen LogP contribution in [0.3, 0.4) is 0 Å². The van der Waals surface area contributed by atoms with Crippen LogP contribution >= 0.6 is 0 Å². The number of hydrogen-bond donors (Lipinski definition) is 2. The van der Waals surface area contributed by atoms with E-state index in [2.05, 4.69) is 15.5 Å². The summed E-state index contributed by atoms with van der Waals surface area (Å²) in [6, 6.07) is 8.37. The molecule has 0 unspecified atom stereocenters. The summed E-state index contributed by atoms with van der Waals surface area (Å²) in [5, 5.41) is 16.0. The quantitative estimate of drug-likeness (QED) is 0.688. The van der Waals surface area contributed by atoms with E-state index < -0.39 is 12.6 Å². The predicted molar refractivity (Wildman–Crippen MR) is 96.0 cm³/mol. The number of benzene rings is 1. The van der Waals surface area contributed by atoms with Crippen molar-refractivity contribution >= 4 is 28.7 Å². The fourth-order valence-electron chi connectivity index (χ4n) is 2.89. The maximum atomic E-state index is 12.9. The van der Waals surface area contributed by atoms with Crippen molar-refractivity contribution in [1.82, 2.24) is 10.1 Å². The molecule has 0 aliphatic heterocycles. The number of amides is 1. The van der Waals surface area contributed by atoms with Gasteiger partial charge in [0.2, 0.25) is 0 Å². The van der Waals surface area contributed by atoms with Gasteiger partial charge in [0.25, 0.3) is 11.6 Å². The second-order valence-corrected chi connectivity index (χ2v) is 6.48. The number of carbonyl (C=O) groups is 2. The first-order chi connectivity index (χ1) is 13.0. The van der Waals surface area contributed by atoms with Crippen molar-refractivity contribution in [2.24, 2.45) is 0 Å². The summed E-state index contributed by atoms with van der Waals surface area (Å²) in [4.78, 5) is 28.0. The highest BCUT2D eigenvalue weighted by Crippen LogP contribution is 2.40. The third kappa shape index (κ3) is 3.59. The van der Waals surface area contributed by atoms with Gasteiger partial charge >= 0.3 is 5.97 Å². The van der Waals surface area contributed by atoms with Crippen LogP contribution in [-0.4, -0.2) is 33.7 Å². The Hall–Kier alpha value is -3.42. The number of nitrogens with zero attached hydrogens (tertiary/aromatic N) is 2. The normalized spacial score (nSPS) is 13.5. The van der Waals surface area contributed by atoms with Crippen molar-refractivity contribution in [3.8, 4) is 5.75 Å². The fourth-order valence-corrected chi connectivity index (χ4v) is 2.89. The number of pyridine rings is 1. The number of fused-ring (bicyclic) bond motifs is 1. The van der Waals surface area contributed by atoms with Crippen LogP contribution in [0.25, 0.3) is 11.1 Å². The molecule has 8 heteroatoms. The van der Waals surface area contributed by atoms with E-state index in [0.717, 1.165) is 18.5 Å². The molecule has 0 saturated heterocycles. The molecule has 2 heterocycles. The first-order valence-electron chi connectivity index (χ1n) is 8.54. The fraction of sp³-hybridized carbons (Fsp3) is 0.263. The molecular weight excluding hydrogens is 350 g/mol. The summed E-state index contributed by atoms with van der Waals surface area (Å²) < 4.78 is 10.4. The third-order valence-electron chi connectivity index (χ3n) is 4.33. The van der Waals surface area contributed by atoms with Gasteiger partial charge in [0.1, 0.15) is 5.75 Å². The van der Waals surface area contributed by atoms with Crippen molar-refractivity contribution in [3.63, 3.8) is 0 Å². The molecule has 4 rings (SSSR count). The average molecular weight is 367 g/mol. The van der Waals surface area contributed by atoms with Crippen LogP contribution < -0.4 is 10.1 Å². The Morgan fingerprint density at radius 3 is 2.89 bits per heavy atom. The number of aliphatic carboxylic acids is 1. The molecule has 1 aliphatic carbocycles. The molecule has 1 fully saturated rings. The summed E-state index contributed by atoms with van der Waals surface area (Å²) in [7, 11) is 0. The number of aromatic nitrogens is 2. The van der Waals surface area contributed by atoms with Crippen molar-refractivity contribution < 1.29 is 24.0 Å². The van der Waals surface area contributed by atoms with Gasteiger partial charge in [-0.05, 0) is 38.0 Å². The smallest absolute Gasteiger partial charge is 0.341 e. The third-order valence-corrected chi connectivity index (χ3v) is 4.33. The zero-order chi connectivity index (χ0) is 19.0. The molecule has 1 amide bonds. The standard InChI is InChI=1S/C19H17N3O5/c1-10-17-14(8-15(11-5-6-11)21-19(17)27-22-10)18(25)20-12-3-2-4-13(7-12)26-9-16(23)24/h2-4,7-8,11H,5-6,9H2,1H3,(H,20,25)(H,23,24). The van der Waals surface area contributed by atoms with E-state index in [4.69, 9.17) is 14.4 Å². The van der Waals surface area contributed by atoms with Gasteiger partial charge in [0.05, 0.1) is 16.6 Å². The van der Waals surface area contributed by atoms with Gasteiger partial charge in [-0.2, -0.15) is 0 Å². The van der Waals surface area contributed by atoms with Crippen molar-refractivity contribution in [3.05, 3.63) is 47.3 Å². The van der Waals surface area contributed by atoms with Gasteiger partial charge in [-0.1, -0.05) is 11.2 Å². The van der Waals surface area contributed by atoms with Gasteiger partial charge in [-0.15, -0.1) is 0 Å². The summed E-state index contributed by atoms with van der Waals surface area (Å²) in [5.41, 5.74) is 2.75. The SMILES string of the molecule is Cc1noc2nc(C3CC3)cc(C(=O)Nc3cccc(OCC(=O)O)c3)c12. The van der Waals surface area contributed by atoms with E-state index in [-0.39, 0.29) is 5.91 Å². The molecule has 1 aliphatic rings. The molecule has 3 aromatic rings. The molecule has 0 atom stereocenters. The molecule has 0 spiro atoms. The van der Waals surface area contributed by atoms with Crippen LogP contribution in [0.5, 0.6) is 5.75 Å².